The van der Waals surface area contributed by atoms with Crippen molar-refractivity contribution >= 4 is 60.8 Å². The van der Waals surface area contributed by atoms with E-state index in [2.05, 4.69) is 41.9 Å². The molecular formula is C13H9Br2NO4S. The van der Waals surface area contributed by atoms with Crippen molar-refractivity contribution in [3.8, 4) is 5.75 Å². The molecule has 1 heterocycles. The Morgan fingerprint density at radius 3 is 2.62 bits per heavy atom. The zero-order valence-electron chi connectivity index (χ0n) is 10.6. The summed E-state index contributed by atoms with van der Waals surface area (Å²) < 4.78 is 6.12. The van der Waals surface area contributed by atoms with Crippen LogP contribution in [0.1, 0.15) is 20.0 Å². The van der Waals surface area contributed by atoms with Crippen LogP contribution >= 0.6 is 43.2 Å². The number of carbonyl (C=O) groups excluding carboxylic acids is 2. The molecule has 5 nitrogen and oxygen atoms in total. The quantitative estimate of drug-likeness (QED) is 0.565. The van der Waals surface area contributed by atoms with Crippen molar-refractivity contribution in [2.75, 3.05) is 12.4 Å². The fraction of sp³-hybridized carbons (Fsp3) is 0.0769. The third-order valence-corrected chi connectivity index (χ3v) is 5.81. The summed E-state index contributed by atoms with van der Waals surface area (Å²) in [5.41, 5.74) is 0.132. The molecule has 0 unspecified atom stereocenters. The summed E-state index contributed by atoms with van der Waals surface area (Å²) in [6.45, 7) is 0. The van der Waals surface area contributed by atoms with Gasteiger partial charge in [0.2, 0.25) is 0 Å². The van der Waals surface area contributed by atoms with Gasteiger partial charge in [-0.25, -0.2) is 4.79 Å². The summed E-state index contributed by atoms with van der Waals surface area (Å²) in [4.78, 5) is 24.1. The topological polar surface area (TPSA) is 75.6 Å². The number of ether oxygens (including phenoxy) is 1. The van der Waals surface area contributed by atoms with Gasteiger partial charge in [-0.3, -0.25) is 4.79 Å². The number of benzene rings is 1. The van der Waals surface area contributed by atoms with Crippen LogP contribution in [-0.2, 0) is 4.74 Å². The van der Waals surface area contributed by atoms with E-state index in [1.54, 1.807) is 12.1 Å². The largest absolute Gasteiger partial charge is 0.505 e. The first-order valence-electron chi connectivity index (χ1n) is 5.60. The Hall–Kier alpha value is -1.38. The summed E-state index contributed by atoms with van der Waals surface area (Å²) in [6.07, 6.45) is 0. The zero-order valence-corrected chi connectivity index (χ0v) is 14.6. The van der Waals surface area contributed by atoms with Gasteiger partial charge in [0.1, 0.15) is 5.56 Å². The van der Waals surface area contributed by atoms with Gasteiger partial charge < -0.3 is 15.2 Å². The van der Waals surface area contributed by atoms with Gasteiger partial charge >= 0.3 is 5.97 Å². The molecule has 0 saturated carbocycles. The number of nitrogens with one attached hydrogen (secondary N) is 1. The van der Waals surface area contributed by atoms with Crippen molar-refractivity contribution in [2.45, 2.75) is 0 Å². The second-order valence-corrected chi connectivity index (χ2v) is 7.10. The molecule has 2 aromatic rings. The summed E-state index contributed by atoms with van der Waals surface area (Å²) >= 11 is 7.85. The highest BCUT2D eigenvalue weighted by molar-refractivity contribution is 9.13. The van der Waals surface area contributed by atoms with Gasteiger partial charge in [0.05, 0.1) is 21.5 Å². The Bertz CT molecular complexity index is 695. The van der Waals surface area contributed by atoms with Crippen molar-refractivity contribution in [1.82, 2.24) is 0 Å². The fourth-order valence-electron chi connectivity index (χ4n) is 1.56. The maximum atomic E-state index is 12.1. The molecule has 0 spiro atoms. The Morgan fingerprint density at radius 1 is 1.33 bits per heavy atom. The van der Waals surface area contributed by atoms with Gasteiger partial charge in [-0.2, -0.15) is 0 Å². The highest BCUT2D eigenvalue weighted by Crippen LogP contribution is 2.34. The van der Waals surface area contributed by atoms with Gasteiger partial charge in [0.25, 0.3) is 5.91 Å². The van der Waals surface area contributed by atoms with Crippen LogP contribution in [0.4, 0.5) is 5.69 Å². The van der Waals surface area contributed by atoms with Crippen LogP contribution < -0.4 is 5.32 Å². The number of esters is 1. The standard InChI is InChI=1S/C13H9Br2NO4S/c1-20-13(19)6-3-2-4-8(10(6)17)16-12(18)9-5-7(14)11(15)21-9/h2-5,17H,1H3,(H,16,18). The monoisotopic (exact) mass is 433 g/mol. The second kappa shape index (κ2) is 6.59. The maximum Gasteiger partial charge on any atom is 0.341 e. The first-order valence-corrected chi connectivity index (χ1v) is 8.00. The molecule has 1 aromatic carbocycles. The maximum absolute atomic E-state index is 12.1. The third kappa shape index (κ3) is 3.45. The van der Waals surface area contributed by atoms with Gasteiger partial charge in [-0.05, 0) is 50.1 Å². The van der Waals surface area contributed by atoms with Crippen molar-refractivity contribution in [3.05, 3.63) is 43.0 Å². The number of thiophene rings is 1. The van der Waals surface area contributed by atoms with Crippen molar-refractivity contribution in [1.29, 1.82) is 0 Å². The molecule has 0 aliphatic heterocycles. The SMILES string of the molecule is COC(=O)c1cccc(NC(=O)c2cc(Br)c(Br)s2)c1O. The number of phenols is 1. The molecule has 0 radical (unpaired) electrons. The molecule has 0 saturated heterocycles. The van der Waals surface area contributed by atoms with Crippen LogP contribution in [0.2, 0.25) is 0 Å². The van der Waals surface area contributed by atoms with Crippen LogP contribution in [-0.4, -0.2) is 24.1 Å². The van der Waals surface area contributed by atoms with E-state index in [0.29, 0.717) is 4.88 Å². The van der Waals surface area contributed by atoms with Crippen LogP contribution in [0.3, 0.4) is 0 Å². The molecule has 0 fully saturated rings. The van der Waals surface area contributed by atoms with Gasteiger partial charge in [-0.1, -0.05) is 6.07 Å². The van der Waals surface area contributed by atoms with Crippen LogP contribution in [0.15, 0.2) is 32.5 Å². The van der Waals surface area contributed by atoms with Crippen LogP contribution in [0, 0.1) is 0 Å². The number of aromatic hydroxyl groups is 1. The van der Waals surface area contributed by atoms with Crippen LogP contribution in [0.5, 0.6) is 5.75 Å². The minimum Gasteiger partial charge on any atom is -0.505 e. The predicted molar refractivity (Wildman–Crippen MR) is 87.1 cm³/mol. The molecule has 1 aromatic heterocycles. The van der Waals surface area contributed by atoms with E-state index >= 15 is 0 Å². The fourth-order valence-corrected chi connectivity index (χ4v) is 3.49. The number of amides is 1. The average Bonchev–Trinajstić information content (AvgIpc) is 2.80. The average molecular weight is 435 g/mol. The lowest BCUT2D eigenvalue weighted by Gasteiger charge is -2.09. The van der Waals surface area contributed by atoms with Gasteiger partial charge in [0.15, 0.2) is 5.75 Å². The number of phenolic OH excluding ortho intramolecular Hbond substituents is 1. The lowest BCUT2D eigenvalue weighted by molar-refractivity contribution is 0.0597. The van der Waals surface area contributed by atoms with Gasteiger partial charge in [-0.15, -0.1) is 11.3 Å². The van der Waals surface area contributed by atoms with E-state index in [1.807, 2.05) is 0 Å². The minimum absolute atomic E-state index is 0.0103. The van der Waals surface area contributed by atoms with E-state index in [-0.39, 0.29) is 22.9 Å². The smallest absolute Gasteiger partial charge is 0.341 e. The molecule has 0 aliphatic rings. The highest BCUT2D eigenvalue weighted by atomic mass is 79.9. The second-order valence-electron chi connectivity index (χ2n) is 3.88. The molecule has 0 bridgehead atoms. The molecule has 1 amide bonds. The number of hydrogen-bond acceptors (Lipinski definition) is 5. The molecule has 21 heavy (non-hydrogen) atoms. The number of carbonyl (C=O) groups is 2. The van der Waals surface area contributed by atoms with Crippen molar-refractivity contribution in [2.24, 2.45) is 0 Å². The van der Waals surface area contributed by atoms with E-state index in [0.717, 1.165) is 8.26 Å². The Labute approximate surface area is 141 Å². The lowest BCUT2D eigenvalue weighted by atomic mass is 10.1. The number of methoxy groups -OCH3 is 1. The normalized spacial score (nSPS) is 10.2. The predicted octanol–water partition coefficient (Wildman–Crippen LogP) is 4.02. The Kier molecular flexibility index (Phi) is 5.02. The molecule has 8 heteroatoms. The molecule has 110 valence electrons. The molecule has 2 N–H and O–H groups in total. The number of para-hydroxylation sites is 1. The van der Waals surface area contributed by atoms with Crippen molar-refractivity contribution in [3.63, 3.8) is 0 Å². The van der Waals surface area contributed by atoms with Crippen molar-refractivity contribution < 1.29 is 19.4 Å². The van der Waals surface area contributed by atoms with E-state index in [4.69, 9.17) is 0 Å². The summed E-state index contributed by atoms with van der Waals surface area (Å²) in [5, 5.41) is 12.6. The first-order chi connectivity index (χ1) is 9.93. The number of halogens is 2. The Morgan fingerprint density at radius 2 is 2.05 bits per heavy atom. The number of rotatable bonds is 3. The minimum atomic E-state index is -0.676. The summed E-state index contributed by atoms with van der Waals surface area (Å²) in [5.74, 6) is -1.39. The van der Waals surface area contributed by atoms with E-state index < -0.39 is 5.97 Å². The summed E-state index contributed by atoms with van der Waals surface area (Å²) in [6, 6.07) is 6.11. The Balaban J connectivity index is 2.27. The highest BCUT2D eigenvalue weighted by Gasteiger charge is 2.18. The number of anilines is 1. The summed E-state index contributed by atoms with van der Waals surface area (Å²) in [7, 11) is 1.22. The zero-order chi connectivity index (χ0) is 15.6. The molecule has 0 aliphatic carbocycles. The lowest BCUT2D eigenvalue weighted by Crippen LogP contribution is -2.11. The molecular weight excluding hydrogens is 426 g/mol. The van der Waals surface area contributed by atoms with E-state index in [1.165, 1.54) is 30.6 Å². The van der Waals surface area contributed by atoms with E-state index in [9.17, 15) is 14.7 Å². The third-order valence-electron chi connectivity index (χ3n) is 2.56. The van der Waals surface area contributed by atoms with Crippen LogP contribution in [0.25, 0.3) is 0 Å². The first kappa shape index (κ1) is 16.0. The van der Waals surface area contributed by atoms with Gasteiger partial charge in [0, 0.05) is 4.47 Å². The molecule has 2 rings (SSSR count). The molecule has 0 atom stereocenters. The number of hydrogen-bond donors (Lipinski definition) is 2.